The van der Waals surface area contributed by atoms with Crippen molar-refractivity contribution >= 4 is 5.91 Å². The molecular weight excluding hydrogens is 287 g/mol. The van der Waals surface area contributed by atoms with Crippen molar-refractivity contribution in [2.24, 2.45) is 0 Å². The molecule has 0 unspecified atom stereocenters. The van der Waals surface area contributed by atoms with Gasteiger partial charge in [0, 0.05) is 43.9 Å². The van der Waals surface area contributed by atoms with Gasteiger partial charge in [0.25, 0.3) is 0 Å². The third kappa shape index (κ3) is 1.95. The summed E-state index contributed by atoms with van der Waals surface area (Å²) >= 11 is 0. The number of amides is 1. The highest BCUT2D eigenvalue weighted by Gasteiger charge is 2.56. The highest BCUT2D eigenvalue weighted by Crippen LogP contribution is 2.41. The fraction of sp³-hybridized carbons (Fsp3) is 0.667. The number of carbonyl (C=O) groups is 1. The number of fused-ring (bicyclic) bond motifs is 2. The molecule has 4 rings (SSSR count). The first kappa shape index (κ1) is 14.0. The largest absolute Gasteiger partial charge is 0.348 e. The SMILES string of the molecule is CN1CC2(C1)C(=O)N([C@@H]1CCO[C@H](F)C1)Cc1cncnc12. The zero-order valence-corrected chi connectivity index (χ0v) is 12.5. The maximum absolute atomic E-state index is 13.6. The third-order valence-electron chi connectivity index (χ3n) is 4.98. The van der Waals surface area contributed by atoms with Crippen molar-refractivity contribution in [3.8, 4) is 0 Å². The van der Waals surface area contributed by atoms with Crippen LogP contribution >= 0.6 is 0 Å². The molecule has 4 heterocycles. The molecule has 3 aliphatic rings. The van der Waals surface area contributed by atoms with Crippen molar-refractivity contribution in [2.45, 2.75) is 37.2 Å². The number of hydrogen-bond donors (Lipinski definition) is 0. The standard InChI is InChI=1S/C15H19FN4O2/c1-19-7-15(8-19)13-10(5-17-9-18-13)6-20(14(15)21)11-2-3-22-12(16)4-11/h5,9,11-12H,2-4,6-8H2,1H3/t11-,12+/m1/s1. The van der Waals surface area contributed by atoms with E-state index < -0.39 is 11.8 Å². The van der Waals surface area contributed by atoms with Crippen molar-refractivity contribution < 1.29 is 13.9 Å². The maximum atomic E-state index is 13.6. The van der Waals surface area contributed by atoms with E-state index in [0.717, 1.165) is 11.3 Å². The van der Waals surface area contributed by atoms with Gasteiger partial charge in [0.2, 0.25) is 12.3 Å². The second-order valence-electron chi connectivity index (χ2n) is 6.54. The summed E-state index contributed by atoms with van der Waals surface area (Å²) in [7, 11) is 1.99. The molecule has 2 saturated heterocycles. The minimum absolute atomic E-state index is 0.0795. The molecule has 0 radical (unpaired) electrons. The van der Waals surface area contributed by atoms with Gasteiger partial charge in [-0.05, 0) is 13.5 Å². The summed E-state index contributed by atoms with van der Waals surface area (Å²) in [5.74, 6) is 0.0795. The average Bonchev–Trinajstić information content (AvgIpc) is 2.48. The number of ether oxygens (including phenoxy) is 1. The Morgan fingerprint density at radius 1 is 1.45 bits per heavy atom. The van der Waals surface area contributed by atoms with Crippen LogP contribution in [0.2, 0.25) is 0 Å². The zero-order valence-electron chi connectivity index (χ0n) is 12.5. The molecule has 118 valence electrons. The maximum Gasteiger partial charge on any atom is 0.238 e. The smallest absolute Gasteiger partial charge is 0.238 e. The molecule has 0 aromatic carbocycles. The Balaban J connectivity index is 1.70. The summed E-state index contributed by atoms with van der Waals surface area (Å²) in [6, 6.07) is -0.104. The number of aromatic nitrogens is 2. The molecule has 7 heteroatoms. The quantitative estimate of drug-likeness (QED) is 0.755. The van der Waals surface area contributed by atoms with Crippen LogP contribution in [0.1, 0.15) is 24.1 Å². The van der Waals surface area contributed by atoms with E-state index in [1.54, 1.807) is 6.20 Å². The monoisotopic (exact) mass is 306 g/mol. The van der Waals surface area contributed by atoms with Gasteiger partial charge < -0.3 is 14.5 Å². The molecule has 1 aromatic rings. The number of carbonyl (C=O) groups excluding carboxylic acids is 1. The Hall–Kier alpha value is -1.60. The predicted octanol–water partition coefficient (Wildman–Crippen LogP) is 0.477. The van der Waals surface area contributed by atoms with Crippen molar-refractivity contribution in [3.05, 3.63) is 23.8 Å². The summed E-state index contributed by atoms with van der Waals surface area (Å²) in [4.78, 5) is 25.5. The summed E-state index contributed by atoms with van der Waals surface area (Å²) < 4.78 is 18.5. The number of hydrogen-bond acceptors (Lipinski definition) is 5. The Morgan fingerprint density at radius 3 is 3.00 bits per heavy atom. The van der Waals surface area contributed by atoms with Crippen LogP contribution in [0.3, 0.4) is 0 Å². The van der Waals surface area contributed by atoms with Crippen molar-refractivity contribution in [1.29, 1.82) is 0 Å². The van der Waals surface area contributed by atoms with Crippen molar-refractivity contribution in [1.82, 2.24) is 19.8 Å². The Labute approximate surface area is 128 Å². The molecular formula is C15H19FN4O2. The van der Waals surface area contributed by atoms with Crippen LogP contribution in [0.5, 0.6) is 0 Å². The number of alkyl halides is 1. The number of rotatable bonds is 1. The van der Waals surface area contributed by atoms with Crippen LogP contribution in [-0.2, 0) is 21.5 Å². The molecule has 0 saturated carbocycles. The van der Waals surface area contributed by atoms with Gasteiger partial charge in [0.15, 0.2) is 0 Å². The van der Waals surface area contributed by atoms with Crippen LogP contribution in [0.25, 0.3) is 0 Å². The summed E-state index contributed by atoms with van der Waals surface area (Å²) in [6.07, 6.45) is 2.95. The van der Waals surface area contributed by atoms with Gasteiger partial charge >= 0.3 is 0 Å². The molecule has 6 nitrogen and oxygen atoms in total. The second-order valence-corrected chi connectivity index (χ2v) is 6.54. The fourth-order valence-electron chi connectivity index (χ4n) is 4.01. The topological polar surface area (TPSA) is 58.6 Å². The summed E-state index contributed by atoms with van der Waals surface area (Å²) in [5.41, 5.74) is 1.26. The molecule has 0 bridgehead atoms. The number of nitrogens with zero attached hydrogens (tertiary/aromatic N) is 4. The Morgan fingerprint density at radius 2 is 2.27 bits per heavy atom. The predicted molar refractivity (Wildman–Crippen MR) is 75.6 cm³/mol. The van der Waals surface area contributed by atoms with E-state index in [9.17, 15) is 9.18 Å². The van der Waals surface area contributed by atoms with Crippen molar-refractivity contribution in [3.63, 3.8) is 0 Å². The molecule has 1 aromatic heterocycles. The molecule has 2 fully saturated rings. The van der Waals surface area contributed by atoms with E-state index in [2.05, 4.69) is 14.9 Å². The first-order chi connectivity index (χ1) is 10.6. The third-order valence-corrected chi connectivity index (χ3v) is 4.98. The first-order valence-electron chi connectivity index (χ1n) is 7.65. The van der Waals surface area contributed by atoms with E-state index >= 15 is 0 Å². The van der Waals surface area contributed by atoms with Gasteiger partial charge in [-0.1, -0.05) is 0 Å². The minimum Gasteiger partial charge on any atom is -0.348 e. The van der Waals surface area contributed by atoms with E-state index in [1.165, 1.54) is 6.33 Å². The summed E-state index contributed by atoms with van der Waals surface area (Å²) in [6.45, 7) is 2.15. The van der Waals surface area contributed by atoms with Crippen LogP contribution < -0.4 is 0 Å². The highest BCUT2D eigenvalue weighted by molar-refractivity contribution is 5.91. The van der Waals surface area contributed by atoms with E-state index in [1.807, 2.05) is 11.9 Å². The van der Waals surface area contributed by atoms with Gasteiger partial charge in [0.05, 0.1) is 12.3 Å². The lowest BCUT2D eigenvalue weighted by Crippen LogP contribution is -2.69. The van der Waals surface area contributed by atoms with E-state index in [-0.39, 0.29) is 18.4 Å². The van der Waals surface area contributed by atoms with Crippen LogP contribution in [0.15, 0.2) is 12.5 Å². The van der Waals surface area contributed by atoms with Gasteiger partial charge in [-0.15, -0.1) is 0 Å². The Kier molecular flexibility index (Phi) is 3.16. The first-order valence-corrected chi connectivity index (χ1v) is 7.65. The number of likely N-dealkylation sites (N-methyl/N-ethyl adjacent to an activating group) is 1. The lowest BCUT2D eigenvalue weighted by Gasteiger charge is -2.53. The average molecular weight is 306 g/mol. The number of halogens is 1. The van der Waals surface area contributed by atoms with E-state index in [0.29, 0.717) is 32.7 Å². The molecule has 1 amide bonds. The molecule has 1 spiro atoms. The van der Waals surface area contributed by atoms with Crippen molar-refractivity contribution in [2.75, 3.05) is 26.7 Å². The van der Waals surface area contributed by atoms with Gasteiger partial charge in [-0.3, -0.25) is 4.79 Å². The van der Waals surface area contributed by atoms with E-state index in [4.69, 9.17) is 4.74 Å². The van der Waals surface area contributed by atoms with Gasteiger partial charge in [-0.2, -0.15) is 0 Å². The van der Waals surface area contributed by atoms with Gasteiger partial charge in [0.1, 0.15) is 11.7 Å². The molecule has 22 heavy (non-hydrogen) atoms. The molecule has 0 N–H and O–H groups in total. The lowest BCUT2D eigenvalue weighted by atomic mass is 9.71. The fourth-order valence-corrected chi connectivity index (χ4v) is 4.01. The lowest BCUT2D eigenvalue weighted by molar-refractivity contribution is -0.156. The van der Waals surface area contributed by atoms with Gasteiger partial charge in [-0.25, -0.2) is 14.4 Å². The molecule has 3 aliphatic heterocycles. The van der Waals surface area contributed by atoms with Crippen LogP contribution in [0, 0.1) is 0 Å². The minimum atomic E-state index is -1.28. The highest BCUT2D eigenvalue weighted by atomic mass is 19.1. The molecule has 0 aliphatic carbocycles. The molecule has 2 atom stereocenters. The second kappa shape index (κ2) is 4.96. The van der Waals surface area contributed by atoms with Crippen LogP contribution in [-0.4, -0.2) is 64.8 Å². The summed E-state index contributed by atoms with van der Waals surface area (Å²) in [5, 5.41) is 0. The zero-order chi connectivity index (χ0) is 15.3. The normalized spacial score (nSPS) is 31.0. The number of likely N-dealkylation sites (tertiary alicyclic amines) is 1. The Bertz CT molecular complexity index is 605. The van der Waals surface area contributed by atoms with Crippen LogP contribution in [0.4, 0.5) is 4.39 Å².